The van der Waals surface area contributed by atoms with E-state index >= 15 is 0 Å². The minimum atomic E-state index is 0.226. The van der Waals surface area contributed by atoms with Crippen LogP contribution >= 0.6 is 0 Å². The number of hydrogen-bond donors (Lipinski definition) is 0. The van der Waals surface area contributed by atoms with Crippen LogP contribution in [-0.2, 0) is 0 Å². The zero-order valence-electron chi connectivity index (χ0n) is 8.88. The summed E-state index contributed by atoms with van der Waals surface area (Å²) in [5, 5.41) is 8.53. The van der Waals surface area contributed by atoms with E-state index in [1.165, 1.54) is 0 Å². The van der Waals surface area contributed by atoms with E-state index in [1.54, 1.807) is 0 Å². The zero-order valence-corrected chi connectivity index (χ0v) is 8.88. The van der Waals surface area contributed by atoms with Gasteiger partial charge in [0.15, 0.2) is 0 Å². The number of piperazine rings is 1. The average molecular weight is 181 g/mol. The van der Waals surface area contributed by atoms with Gasteiger partial charge >= 0.3 is 0 Å². The highest BCUT2D eigenvalue weighted by atomic mass is 15.3. The number of rotatable bonds is 2. The molecule has 1 saturated heterocycles. The second-order valence-electron chi connectivity index (χ2n) is 4.45. The van der Waals surface area contributed by atoms with Crippen LogP contribution in [0.2, 0.25) is 0 Å². The average Bonchev–Trinajstić information content (AvgIpc) is 2.01. The molecule has 1 fully saturated rings. The van der Waals surface area contributed by atoms with Gasteiger partial charge in [0.2, 0.25) is 0 Å². The highest BCUT2D eigenvalue weighted by Crippen LogP contribution is 2.19. The van der Waals surface area contributed by atoms with Crippen molar-refractivity contribution in [1.29, 1.82) is 5.26 Å². The lowest BCUT2D eigenvalue weighted by Crippen LogP contribution is -2.58. The van der Waals surface area contributed by atoms with Crippen LogP contribution < -0.4 is 0 Å². The van der Waals surface area contributed by atoms with Gasteiger partial charge in [-0.25, -0.2) is 0 Å². The van der Waals surface area contributed by atoms with Gasteiger partial charge < -0.3 is 4.90 Å². The molecule has 1 aliphatic heterocycles. The smallest absolute Gasteiger partial charge is 0.0635 e. The molecule has 13 heavy (non-hydrogen) atoms. The molecule has 1 heterocycles. The number of hydrogen-bond acceptors (Lipinski definition) is 3. The third-order valence-corrected chi connectivity index (χ3v) is 2.76. The van der Waals surface area contributed by atoms with Crippen LogP contribution in [0.3, 0.4) is 0 Å². The Morgan fingerprint density at radius 3 is 2.62 bits per heavy atom. The third-order valence-electron chi connectivity index (χ3n) is 2.76. The van der Waals surface area contributed by atoms with E-state index in [2.05, 4.69) is 36.8 Å². The van der Waals surface area contributed by atoms with E-state index in [-0.39, 0.29) is 5.54 Å². The molecule has 1 aliphatic rings. The Kier molecular flexibility index (Phi) is 3.29. The summed E-state index contributed by atoms with van der Waals surface area (Å²) in [6.45, 7) is 8.72. The second-order valence-corrected chi connectivity index (χ2v) is 4.45. The Balaban J connectivity index is 2.50. The van der Waals surface area contributed by atoms with Crippen LogP contribution in [0.5, 0.6) is 0 Å². The van der Waals surface area contributed by atoms with Crippen LogP contribution in [0.25, 0.3) is 0 Å². The topological polar surface area (TPSA) is 30.3 Å². The molecule has 0 aromatic rings. The molecule has 3 heteroatoms. The fraction of sp³-hybridized carbons (Fsp3) is 0.900. The van der Waals surface area contributed by atoms with Gasteiger partial charge in [0, 0.05) is 38.1 Å². The summed E-state index contributed by atoms with van der Waals surface area (Å²) >= 11 is 0. The monoisotopic (exact) mass is 181 g/mol. The molecule has 0 bridgehead atoms. The highest BCUT2D eigenvalue weighted by molar-refractivity contribution is 4.90. The molecule has 0 amide bonds. The van der Waals surface area contributed by atoms with Crippen molar-refractivity contribution < 1.29 is 0 Å². The minimum absolute atomic E-state index is 0.226. The summed E-state index contributed by atoms with van der Waals surface area (Å²) in [6.07, 6.45) is 0.646. The molecule has 0 radical (unpaired) electrons. The van der Waals surface area contributed by atoms with Crippen LogP contribution in [0.1, 0.15) is 20.3 Å². The standard InChI is InChI=1S/C10H19N3/c1-10(2)9-12(3)7-8-13(10)6-4-5-11/h4,6-9H2,1-3H3. The van der Waals surface area contributed by atoms with E-state index in [4.69, 9.17) is 5.26 Å². The third kappa shape index (κ3) is 2.68. The lowest BCUT2D eigenvalue weighted by Gasteiger charge is -2.45. The van der Waals surface area contributed by atoms with Crippen molar-refractivity contribution in [3.63, 3.8) is 0 Å². The molecule has 0 aromatic heterocycles. The molecule has 0 aliphatic carbocycles. The van der Waals surface area contributed by atoms with E-state index in [0.717, 1.165) is 26.2 Å². The molecule has 3 nitrogen and oxygen atoms in total. The first-order valence-corrected chi connectivity index (χ1v) is 4.87. The molecule has 0 unspecified atom stereocenters. The quantitative estimate of drug-likeness (QED) is 0.635. The van der Waals surface area contributed by atoms with Crippen LogP contribution in [0.4, 0.5) is 0 Å². The lowest BCUT2D eigenvalue weighted by molar-refractivity contribution is 0.0336. The normalized spacial score (nSPS) is 24.2. The molecular weight excluding hydrogens is 162 g/mol. The van der Waals surface area contributed by atoms with Crippen molar-refractivity contribution in [3.05, 3.63) is 0 Å². The van der Waals surface area contributed by atoms with Gasteiger partial charge in [0.05, 0.1) is 6.07 Å². The molecule has 0 aromatic carbocycles. The molecule has 1 rings (SSSR count). The fourth-order valence-corrected chi connectivity index (χ4v) is 2.03. The van der Waals surface area contributed by atoms with Gasteiger partial charge in [-0.05, 0) is 20.9 Å². The van der Waals surface area contributed by atoms with Gasteiger partial charge in [-0.3, -0.25) is 4.90 Å². The summed E-state index contributed by atoms with van der Waals surface area (Å²) in [5.74, 6) is 0. The van der Waals surface area contributed by atoms with E-state index in [1.807, 2.05) is 0 Å². The van der Waals surface area contributed by atoms with Gasteiger partial charge in [-0.15, -0.1) is 0 Å². The van der Waals surface area contributed by atoms with Crippen molar-refractivity contribution >= 4 is 0 Å². The summed E-state index contributed by atoms with van der Waals surface area (Å²) in [7, 11) is 2.16. The van der Waals surface area contributed by atoms with Crippen molar-refractivity contribution in [1.82, 2.24) is 9.80 Å². The van der Waals surface area contributed by atoms with Crippen molar-refractivity contribution in [2.45, 2.75) is 25.8 Å². The van der Waals surface area contributed by atoms with Gasteiger partial charge in [-0.2, -0.15) is 5.26 Å². The molecule has 0 N–H and O–H groups in total. The zero-order chi connectivity index (χ0) is 9.90. The Hall–Kier alpha value is -0.590. The van der Waals surface area contributed by atoms with Crippen LogP contribution in [0, 0.1) is 11.3 Å². The van der Waals surface area contributed by atoms with Crippen molar-refractivity contribution in [2.75, 3.05) is 33.2 Å². The van der Waals surface area contributed by atoms with Gasteiger partial charge in [0.1, 0.15) is 0 Å². The van der Waals surface area contributed by atoms with E-state index < -0.39 is 0 Å². The Bertz CT molecular complexity index is 205. The molecule has 0 spiro atoms. The maximum Gasteiger partial charge on any atom is 0.0635 e. The maximum absolute atomic E-state index is 8.53. The van der Waals surface area contributed by atoms with Crippen molar-refractivity contribution in [2.24, 2.45) is 0 Å². The Morgan fingerprint density at radius 1 is 1.38 bits per heavy atom. The number of likely N-dealkylation sites (N-methyl/N-ethyl adjacent to an activating group) is 1. The van der Waals surface area contributed by atoms with Crippen LogP contribution in [0.15, 0.2) is 0 Å². The first-order chi connectivity index (χ1) is 6.06. The predicted octanol–water partition coefficient (Wildman–Crippen LogP) is 0.926. The summed E-state index contributed by atoms with van der Waals surface area (Å²) < 4.78 is 0. The SMILES string of the molecule is CN1CCN(CCC#N)C(C)(C)C1. The second kappa shape index (κ2) is 4.08. The van der Waals surface area contributed by atoms with Gasteiger partial charge in [0.25, 0.3) is 0 Å². The number of nitriles is 1. The highest BCUT2D eigenvalue weighted by Gasteiger charge is 2.31. The lowest BCUT2D eigenvalue weighted by atomic mass is 9.99. The summed E-state index contributed by atoms with van der Waals surface area (Å²) in [5.41, 5.74) is 0.226. The summed E-state index contributed by atoms with van der Waals surface area (Å²) in [6, 6.07) is 2.21. The molecule has 0 atom stereocenters. The molecule has 74 valence electrons. The predicted molar refractivity (Wildman–Crippen MR) is 53.4 cm³/mol. The molecule has 0 saturated carbocycles. The first-order valence-electron chi connectivity index (χ1n) is 4.87. The van der Waals surface area contributed by atoms with Crippen molar-refractivity contribution in [3.8, 4) is 6.07 Å². The summed E-state index contributed by atoms with van der Waals surface area (Å²) in [4.78, 5) is 4.76. The van der Waals surface area contributed by atoms with Crippen LogP contribution in [-0.4, -0.2) is 48.6 Å². The molecular formula is C10H19N3. The Labute approximate surface area is 80.9 Å². The Morgan fingerprint density at radius 2 is 2.08 bits per heavy atom. The largest absolute Gasteiger partial charge is 0.303 e. The maximum atomic E-state index is 8.53. The minimum Gasteiger partial charge on any atom is -0.303 e. The van der Waals surface area contributed by atoms with E-state index in [0.29, 0.717) is 6.42 Å². The first kappa shape index (κ1) is 10.5. The fourth-order valence-electron chi connectivity index (χ4n) is 2.03. The van der Waals surface area contributed by atoms with Gasteiger partial charge in [-0.1, -0.05) is 0 Å². The van der Waals surface area contributed by atoms with E-state index in [9.17, 15) is 0 Å². The number of nitrogens with zero attached hydrogens (tertiary/aromatic N) is 3.